The normalized spacial score (nSPS) is 10.8. The smallest absolute Gasteiger partial charge is 0.361 e. The Bertz CT molecular complexity index is 1020. The SMILES string of the molecule is CCn1cc(NC(=O)c2ccc(COc3ccc(F)cc3)o2)c(C(=O)OC(C)C)n1. The van der Waals surface area contributed by atoms with Crippen molar-refractivity contribution in [3.63, 3.8) is 0 Å². The molecule has 9 heteroatoms. The number of amides is 1. The Morgan fingerprint density at radius 1 is 1.20 bits per heavy atom. The van der Waals surface area contributed by atoms with E-state index >= 15 is 0 Å². The molecular weight excluding hydrogens is 393 g/mol. The molecule has 2 heterocycles. The summed E-state index contributed by atoms with van der Waals surface area (Å²) in [5, 5.41) is 6.78. The molecule has 3 rings (SSSR count). The molecule has 0 saturated heterocycles. The summed E-state index contributed by atoms with van der Waals surface area (Å²) >= 11 is 0. The van der Waals surface area contributed by atoms with Gasteiger partial charge >= 0.3 is 5.97 Å². The van der Waals surface area contributed by atoms with Gasteiger partial charge < -0.3 is 19.2 Å². The van der Waals surface area contributed by atoms with Crippen molar-refractivity contribution in [1.29, 1.82) is 0 Å². The van der Waals surface area contributed by atoms with Crippen LogP contribution in [0.4, 0.5) is 10.1 Å². The number of halogens is 1. The summed E-state index contributed by atoms with van der Waals surface area (Å²) in [5.74, 6) is -0.604. The Balaban J connectivity index is 1.67. The molecule has 0 unspecified atom stereocenters. The van der Waals surface area contributed by atoms with Gasteiger partial charge in [-0.2, -0.15) is 5.10 Å². The number of carbonyl (C=O) groups is 2. The average Bonchev–Trinajstić information content (AvgIpc) is 3.34. The number of hydrogen-bond donors (Lipinski definition) is 1. The molecule has 30 heavy (non-hydrogen) atoms. The minimum Gasteiger partial charge on any atom is -0.486 e. The van der Waals surface area contributed by atoms with E-state index in [-0.39, 0.29) is 35.7 Å². The Labute approximate surface area is 172 Å². The van der Waals surface area contributed by atoms with Crippen LogP contribution in [0.15, 0.2) is 47.0 Å². The molecule has 0 spiro atoms. The first-order chi connectivity index (χ1) is 14.4. The number of aromatic nitrogens is 2. The molecular formula is C21H22FN3O5. The van der Waals surface area contributed by atoms with Crippen LogP contribution in [0, 0.1) is 5.82 Å². The predicted molar refractivity (Wildman–Crippen MR) is 106 cm³/mol. The van der Waals surface area contributed by atoms with Gasteiger partial charge in [-0.25, -0.2) is 9.18 Å². The quantitative estimate of drug-likeness (QED) is 0.558. The van der Waals surface area contributed by atoms with Crippen molar-refractivity contribution in [2.45, 2.75) is 40.0 Å². The highest BCUT2D eigenvalue weighted by Crippen LogP contribution is 2.19. The number of rotatable bonds is 8. The van der Waals surface area contributed by atoms with Crippen LogP contribution in [0.5, 0.6) is 5.75 Å². The van der Waals surface area contributed by atoms with Gasteiger partial charge in [0.2, 0.25) is 0 Å². The van der Waals surface area contributed by atoms with Gasteiger partial charge in [-0.1, -0.05) is 0 Å². The lowest BCUT2D eigenvalue weighted by atomic mass is 10.3. The van der Waals surface area contributed by atoms with Crippen molar-refractivity contribution in [3.05, 3.63) is 65.6 Å². The molecule has 0 aliphatic carbocycles. The van der Waals surface area contributed by atoms with E-state index in [4.69, 9.17) is 13.9 Å². The first-order valence-electron chi connectivity index (χ1n) is 9.42. The summed E-state index contributed by atoms with van der Waals surface area (Å²) in [6.45, 7) is 5.90. The standard InChI is InChI=1S/C21H22FN3O5/c1-4-25-11-17(19(24-25)21(27)29-13(2)3)23-20(26)18-10-9-16(30-18)12-28-15-7-5-14(22)6-8-15/h5-11,13H,4,12H2,1-3H3,(H,23,26). The van der Waals surface area contributed by atoms with Gasteiger partial charge in [0.15, 0.2) is 11.5 Å². The number of hydrogen-bond acceptors (Lipinski definition) is 6. The number of anilines is 1. The maximum absolute atomic E-state index is 12.9. The maximum Gasteiger partial charge on any atom is 0.361 e. The number of furan rings is 1. The molecule has 0 saturated carbocycles. The average molecular weight is 415 g/mol. The lowest BCUT2D eigenvalue weighted by Gasteiger charge is -2.07. The van der Waals surface area contributed by atoms with Gasteiger partial charge in [-0.3, -0.25) is 9.48 Å². The van der Waals surface area contributed by atoms with Crippen LogP contribution in [-0.2, 0) is 17.9 Å². The molecule has 0 aliphatic rings. The zero-order chi connectivity index (χ0) is 21.7. The topological polar surface area (TPSA) is 95.6 Å². The molecule has 0 radical (unpaired) electrons. The maximum atomic E-state index is 12.9. The highest BCUT2D eigenvalue weighted by molar-refractivity contribution is 6.05. The second-order valence-corrected chi connectivity index (χ2v) is 6.66. The summed E-state index contributed by atoms with van der Waals surface area (Å²) in [6.07, 6.45) is 1.23. The largest absolute Gasteiger partial charge is 0.486 e. The summed E-state index contributed by atoms with van der Waals surface area (Å²) in [6, 6.07) is 8.66. The minimum absolute atomic E-state index is 0.0188. The molecule has 0 aliphatic heterocycles. The van der Waals surface area contributed by atoms with Gasteiger partial charge in [0.1, 0.15) is 23.9 Å². The zero-order valence-electron chi connectivity index (χ0n) is 16.8. The molecule has 0 fully saturated rings. The zero-order valence-corrected chi connectivity index (χ0v) is 16.8. The fraction of sp³-hybridized carbons (Fsp3) is 0.286. The fourth-order valence-corrected chi connectivity index (χ4v) is 2.54. The minimum atomic E-state index is -0.625. The third kappa shape index (κ3) is 5.25. The summed E-state index contributed by atoms with van der Waals surface area (Å²) in [7, 11) is 0. The van der Waals surface area contributed by atoms with Crippen LogP contribution in [0.1, 0.15) is 47.6 Å². The number of nitrogens with zero attached hydrogens (tertiary/aromatic N) is 2. The number of nitrogens with one attached hydrogen (secondary N) is 1. The molecule has 0 bridgehead atoms. The second kappa shape index (κ2) is 9.25. The monoisotopic (exact) mass is 415 g/mol. The summed E-state index contributed by atoms with van der Waals surface area (Å²) < 4.78 is 30.6. The number of benzene rings is 1. The Morgan fingerprint density at radius 2 is 1.93 bits per heavy atom. The van der Waals surface area contributed by atoms with Crippen molar-refractivity contribution in [2.24, 2.45) is 0 Å². The molecule has 1 aromatic carbocycles. The lowest BCUT2D eigenvalue weighted by Crippen LogP contribution is -2.17. The van der Waals surface area contributed by atoms with E-state index in [0.717, 1.165) is 0 Å². The molecule has 1 amide bonds. The van der Waals surface area contributed by atoms with Crippen molar-refractivity contribution in [3.8, 4) is 5.75 Å². The predicted octanol–water partition coefficient (Wildman–Crippen LogP) is 4.03. The first kappa shape index (κ1) is 21.1. The van der Waals surface area contributed by atoms with Crippen LogP contribution in [0.25, 0.3) is 0 Å². The summed E-state index contributed by atoms with van der Waals surface area (Å²) in [5.41, 5.74) is 0.248. The van der Waals surface area contributed by atoms with Crippen molar-refractivity contribution in [2.75, 3.05) is 5.32 Å². The molecule has 0 atom stereocenters. The van der Waals surface area contributed by atoms with E-state index in [1.165, 1.54) is 35.0 Å². The first-order valence-corrected chi connectivity index (χ1v) is 9.42. The third-order valence-electron chi connectivity index (χ3n) is 3.95. The van der Waals surface area contributed by atoms with Crippen LogP contribution in [0.2, 0.25) is 0 Å². The van der Waals surface area contributed by atoms with Crippen LogP contribution in [-0.4, -0.2) is 27.8 Å². The molecule has 8 nitrogen and oxygen atoms in total. The third-order valence-corrected chi connectivity index (χ3v) is 3.95. The number of aryl methyl sites for hydroxylation is 1. The van der Waals surface area contributed by atoms with Crippen molar-refractivity contribution in [1.82, 2.24) is 9.78 Å². The van der Waals surface area contributed by atoms with E-state index in [2.05, 4.69) is 10.4 Å². The lowest BCUT2D eigenvalue weighted by molar-refractivity contribution is 0.0371. The van der Waals surface area contributed by atoms with Gasteiger partial charge in [0.05, 0.1) is 11.8 Å². The van der Waals surface area contributed by atoms with E-state index < -0.39 is 11.9 Å². The van der Waals surface area contributed by atoms with E-state index in [0.29, 0.717) is 18.1 Å². The molecule has 1 N–H and O–H groups in total. The van der Waals surface area contributed by atoms with Gasteiger partial charge in [0, 0.05) is 12.7 Å². The molecule has 3 aromatic rings. The Morgan fingerprint density at radius 3 is 2.60 bits per heavy atom. The van der Waals surface area contributed by atoms with E-state index in [1.54, 1.807) is 26.1 Å². The Hall–Kier alpha value is -3.62. The number of esters is 1. The van der Waals surface area contributed by atoms with Crippen molar-refractivity contribution < 1.29 is 27.9 Å². The fourth-order valence-electron chi connectivity index (χ4n) is 2.54. The Kier molecular flexibility index (Phi) is 6.51. The molecule has 2 aromatic heterocycles. The van der Waals surface area contributed by atoms with Crippen LogP contribution < -0.4 is 10.1 Å². The van der Waals surface area contributed by atoms with Gasteiger partial charge in [0.25, 0.3) is 5.91 Å². The second-order valence-electron chi connectivity index (χ2n) is 6.66. The van der Waals surface area contributed by atoms with Gasteiger partial charge in [-0.05, 0) is 57.2 Å². The van der Waals surface area contributed by atoms with Crippen LogP contribution >= 0.6 is 0 Å². The summed E-state index contributed by atoms with van der Waals surface area (Å²) in [4.78, 5) is 24.8. The highest BCUT2D eigenvalue weighted by atomic mass is 19.1. The number of ether oxygens (including phenoxy) is 2. The highest BCUT2D eigenvalue weighted by Gasteiger charge is 2.22. The van der Waals surface area contributed by atoms with E-state index in [9.17, 15) is 14.0 Å². The van der Waals surface area contributed by atoms with Crippen molar-refractivity contribution >= 4 is 17.6 Å². The number of carbonyl (C=O) groups excluding carboxylic acids is 2. The van der Waals surface area contributed by atoms with E-state index in [1.807, 2.05) is 6.92 Å². The van der Waals surface area contributed by atoms with Gasteiger partial charge in [-0.15, -0.1) is 0 Å². The van der Waals surface area contributed by atoms with Crippen LogP contribution in [0.3, 0.4) is 0 Å². The molecule has 158 valence electrons.